The van der Waals surface area contributed by atoms with Gasteiger partial charge in [0.2, 0.25) is 0 Å². The van der Waals surface area contributed by atoms with Gasteiger partial charge in [0.25, 0.3) is 0 Å². The number of aromatic carboxylic acids is 1. The zero-order valence-electron chi connectivity index (χ0n) is 9.34. The van der Waals surface area contributed by atoms with E-state index in [1.165, 1.54) is 7.11 Å². The molecule has 0 bridgehead atoms. The summed E-state index contributed by atoms with van der Waals surface area (Å²) in [6.45, 7) is 0. The van der Waals surface area contributed by atoms with Crippen LogP contribution in [-0.4, -0.2) is 18.2 Å². The van der Waals surface area contributed by atoms with E-state index in [-0.39, 0.29) is 5.56 Å². The second-order valence-electron chi connectivity index (χ2n) is 3.56. The lowest BCUT2D eigenvalue weighted by Gasteiger charge is -2.09. The zero-order valence-corrected chi connectivity index (χ0v) is 9.34. The first kappa shape index (κ1) is 11.3. The van der Waals surface area contributed by atoms with Gasteiger partial charge < -0.3 is 14.3 Å². The molecule has 2 rings (SSSR count). The summed E-state index contributed by atoms with van der Waals surface area (Å²) in [7, 11) is 1.46. The second-order valence-corrected chi connectivity index (χ2v) is 3.56. The molecule has 0 aliphatic carbocycles. The smallest absolute Gasteiger partial charge is 0.339 e. The maximum absolute atomic E-state index is 11.2. The third-order valence-corrected chi connectivity index (χ3v) is 2.49. The summed E-state index contributed by atoms with van der Waals surface area (Å²) in [6.07, 6.45) is 2.00. The maximum Gasteiger partial charge on any atom is 0.339 e. The molecule has 0 radical (unpaired) electrons. The van der Waals surface area contributed by atoms with E-state index >= 15 is 0 Å². The highest BCUT2D eigenvalue weighted by Gasteiger charge is 2.16. The molecule has 1 heterocycles. The molecule has 0 unspecified atom stereocenters. The van der Waals surface area contributed by atoms with E-state index in [9.17, 15) is 9.90 Å². The van der Waals surface area contributed by atoms with Crippen LogP contribution in [-0.2, 0) is 6.42 Å². The average molecular weight is 232 g/mol. The number of benzene rings is 1. The number of carboxylic acids is 1. The Morgan fingerprint density at radius 2 is 2.18 bits per heavy atom. The van der Waals surface area contributed by atoms with E-state index in [4.69, 9.17) is 9.15 Å². The van der Waals surface area contributed by atoms with Crippen LogP contribution in [0.3, 0.4) is 0 Å². The van der Waals surface area contributed by atoms with Gasteiger partial charge in [0, 0.05) is 6.42 Å². The minimum Gasteiger partial charge on any atom is -0.496 e. The highest BCUT2D eigenvalue weighted by atomic mass is 16.5. The van der Waals surface area contributed by atoms with Gasteiger partial charge in [-0.25, -0.2) is 4.79 Å². The Hall–Kier alpha value is -2.23. The molecule has 0 aliphatic heterocycles. The number of hydrogen-bond donors (Lipinski definition) is 1. The van der Waals surface area contributed by atoms with E-state index in [0.717, 1.165) is 5.76 Å². The quantitative estimate of drug-likeness (QED) is 0.880. The fourth-order valence-corrected chi connectivity index (χ4v) is 1.74. The van der Waals surface area contributed by atoms with Gasteiger partial charge in [0.1, 0.15) is 17.1 Å². The molecule has 1 aromatic heterocycles. The number of methoxy groups -OCH3 is 1. The van der Waals surface area contributed by atoms with E-state index < -0.39 is 5.97 Å². The topological polar surface area (TPSA) is 59.7 Å². The van der Waals surface area contributed by atoms with E-state index in [1.807, 2.05) is 6.07 Å². The number of rotatable bonds is 4. The van der Waals surface area contributed by atoms with Crippen molar-refractivity contribution in [3.63, 3.8) is 0 Å². The Morgan fingerprint density at radius 3 is 2.76 bits per heavy atom. The third-order valence-electron chi connectivity index (χ3n) is 2.49. The lowest BCUT2D eigenvalue weighted by Crippen LogP contribution is -2.05. The second kappa shape index (κ2) is 4.74. The van der Waals surface area contributed by atoms with Crippen LogP contribution in [0.1, 0.15) is 21.7 Å². The van der Waals surface area contributed by atoms with Crippen LogP contribution in [0.4, 0.5) is 0 Å². The summed E-state index contributed by atoms with van der Waals surface area (Å²) < 4.78 is 10.3. The predicted octanol–water partition coefficient (Wildman–Crippen LogP) is 2.58. The number of hydrogen-bond acceptors (Lipinski definition) is 3. The van der Waals surface area contributed by atoms with Gasteiger partial charge in [-0.3, -0.25) is 0 Å². The molecule has 4 nitrogen and oxygen atoms in total. The van der Waals surface area contributed by atoms with Gasteiger partial charge in [-0.15, -0.1) is 0 Å². The molecule has 4 heteroatoms. The third kappa shape index (κ3) is 2.30. The van der Waals surface area contributed by atoms with Crippen molar-refractivity contribution in [1.29, 1.82) is 0 Å². The molecule has 0 saturated heterocycles. The zero-order chi connectivity index (χ0) is 12.3. The minimum atomic E-state index is -0.996. The molecule has 0 spiro atoms. The Kier molecular flexibility index (Phi) is 3.14. The fraction of sp³-hybridized carbons (Fsp3) is 0.154. The van der Waals surface area contributed by atoms with Crippen LogP contribution >= 0.6 is 0 Å². The van der Waals surface area contributed by atoms with E-state index in [2.05, 4.69) is 0 Å². The van der Waals surface area contributed by atoms with Crippen molar-refractivity contribution in [2.75, 3.05) is 7.11 Å². The molecule has 17 heavy (non-hydrogen) atoms. The van der Waals surface area contributed by atoms with Gasteiger partial charge in [0.15, 0.2) is 0 Å². The van der Waals surface area contributed by atoms with E-state index in [0.29, 0.717) is 17.7 Å². The fourth-order valence-electron chi connectivity index (χ4n) is 1.74. The van der Waals surface area contributed by atoms with Gasteiger partial charge in [-0.2, -0.15) is 0 Å². The highest BCUT2D eigenvalue weighted by Crippen LogP contribution is 2.24. The van der Waals surface area contributed by atoms with Gasteiger partial charge in [-0.05, 0) is 23.8 Å². The van der Waals surface area contributed by atoms with Gasteiger partial charge in [0.05, 0.1) is 13.4 Å². The van der Waals surface area contributed by atoms with Crippen LogP contribution < -0.4 is 4.74 Å². The summed E-state index contributed by atoms with van der Waals surface area (Å²) in [5.74, 6) is 0.0892. The monoisotopic (exact) mass is 232 g/mol. The summed E-state index contributed by atoms with van der Waals surface area (Å²) in [4.78, 5) is 11.2. The number of furan rings is 1. The number of ether oxygens (including phenoxy) is 1. The molecule has 0 saturated carbocycles. The summed E-state index contributed by atoms with van der Waals surface area (Å²) >= 11 is 0. The van der Waals surface area contributed by atoms with Crippen molar-refractivity contribution in [3.8, 4) is 5.75 Å². The van der Waals surface area contributed by atoms with Crippen molar-refractivity contribution in [2.45, 2.75) is 6.42 Å². The highest BCUT2D eigenvalue weighted by molar-refractivity contribution is 5.92. The first-order chi connectivity index (χ1) is 8.22. The molecule has 2 aromatic rings. The number of carbonyl (C=O) groups is 1. The Morgan fingerprint density at radius 1 is 1.35 bits per heavy atom. The Balaban J connectivity index is 2.42. The van der Waals surface area contributed by atoms with Crippen molar-refractivity contribution in [2.24, 2.45) is 0 Å². The molecule has 0 amide bonds. The normalized spacial score (nSPS) is 10.2. The summed E-state index contributed by atoms with van der Waals surface area (Å²) in [6, 6.07) is 8.74. The molecular formula is C13H12O4. The standard InChI is InChI=1S/C13H12O4/c1-16-11-6-2-4-9(12(11)13(14)15)8-10-5-3-7-17-10/h2-7H,8H2,1H3,(H,14,15). The number of carboxylic acid groups (broad SMARTS) is 1. The van der Waals surface area contributed by atoms with Crippen molar-refractivity contribution >= 4 is 5.97 Å². The Labute approximate surface area is 98.4 Å². The van der Waals surface area contributed by atoms with Crippen LogP contribution in [0, 0.1) is 0 Å². The van der Waals surface area contributed by atoms with Crippen molar-refractivity contribution < 1.29 is 19.1 Å². The first-order valence-electron chi connectivity index (χ1n) is 5.14. The molecule has 0 fully saturated rings. The van der Waals surface area contributed by atoms with Crippen LogP contribution in [0.2, 0.25) is 0 Å². The first-order valence-corrected chi connectivity index (χ1v) is 5.14. The summed E-state index contributed by atoms with van der Waals surface area (Å²) in [5, 5.41) is 9.20. The molecule has 0 aliphatic rings. The summed E-state index contributed by atoms with van der Waals surface area (Å²) in [5.41, 5.74) is 0.859. The minimum absolute atomic E-state index is 0.186. The van der Waals surface area contributed by atoms with Gasteiger partial charge in [-0.1, -0.05) is 12.1 Å². The largest absolute Gasteiger partial charge is 0.496 e. The molecule has 1 aromatic carbocycles. The van der Waals surface area contributed by atoms with Crippen molar-refractivity contribution in [3.05, 3.63) is 53.5 Å². The average Bonchev–Trinajstić information content (AvgIpc) is 2.81. The van der Waals surface area contributed by atoms with Crippen LogP contribution in [0.25, 0.3) is 0 Å². The molecule has 88 valence electrons. The Bertz CT molecular complexity index is 514. The van der Waals surface area contributed by atoms with E-state index in [1.54, 1.807) is 30.5 Å². The molecule has 1 N–H and O–H groups in total. The van der Waals surface area contributed by atoms with Crippen molar-refractivity contribution in [1.82, 2.24) is 0 Å². The molecular weight excluding hydrogens is 220 g/mol. The SMILES string of the molecule is COc1cccc(Cc2ccco2)c1C(=O)O. The van der Waals surface area contributed by atoms with Crippen LogP contribution in [0.5, 0.6) is 5.75 Å². The van der Waals surface area contributed by atoms with Gasteiger partial charge >= 0.3 is 5.97 Å². The lowest BCUT2D eigenvalue weighted by atomic mass is 10.0. The van der Waals surface area contributed by atoms with Crippen LogP contribution in [0.15, 0.2) is 41.0 Å². The lowest BCUT2D eigenvalue weighted by molar-refractivity contribution is 0.0692. The predicted molar refractivity (Wildman–Crippen MR) is 61.5 cm³/mol. The molecule has 0 atom stereocenters. The maximum atomic E-state index is 11.2.